The van der Waals surface area contributed by atoms with Gasteiger partial charge in [-0.1, -0.05) is 0 Å². The maximum absolute atomic E-state index is 13.0. The number of fused-ring (bicyclic) bond motifs is 2. The number of aromatic nitrogens is 6. The Hall–Kier alpha value is -3.14. The van der Waals surface area contributed by atoms with Crippen molar-refractivity contribution in [2.24, 2.45) is 0 Å². The van der Waals surface area contributed by atoms with Gasteiger partial charge in [0, 0.05) is 23.8 Å². The number of pyridine rings is 1. The first-order valence-corrected chi connectivity index (χ1v) is 10.3. The molecule has 0 spiro atoms. The second kappa shape index (κ2) is 7.52. The van der Waals surface area contributed by atoms with Crippen molar-refractivity contribution < 1.29 is 8.78 Å². The van der Waals surface area contributed by atoms with E-state index in [4.69, 9.17) is 0 Å². The minimum Gasteiger partial charge on any atom is -0.350 e. The Balaban J connectivity index is 1.43. The molecule has 0 radical (unpaired) electrons. The highest BCUT2D eigenvalue weighted by Gasteiger charge is 2.31. The van der Waals surface area contributed by atoms with Gasteiger partial charge in [0.05, 0.1) is 24.0 Å². The van der Waals surface area contributed by atoms with Gasteiger partial charge in [-0.25, -0.2) is 28.2 Å². The van der Waals surface area contributed by atoms with Gasteiger partial charge < -0.3 is 14.8 Å². The number of imidazole rings is 1. The van der Waals surface area contributed by atoms with Crippen molar-refractivity contribution in [3.05, 3.63) is 36.4 Å². The van der Waals surface area contributed by atoms with E-state index in [0.717, 1.165) is 23.9 Å². The van der Waals surface area contributed by atoms with E-state index in [9.17, 15) is 8.78 Å². The van der Waals surface area contributed by atoms with Gasteiger partial charge in [0.2, 0.25) is 5.95 Å². The zero-order chi connectivity index (χ0) is 21.7. The molecule has 10 heteroatoms. The summed E-state index contributed by atoms with van der Waals surface area (Å²) in [6.07, 6.45) is 3.29. The van der Waals surface area contributed by atoms with E-state index in [-0.39, 0.29) is 0 Å². The summed E-state index contributed by atoms with van der Waals surface area (Å²) in [4.78, 5) is 15.7. The summed E-state index contributed by atoms with van der Waals surface area (Å²) in [6, 6.07) is 6.54. The van der Waals surface area contributed by atoms with Crippen molar-refractivity contribution in [2.45, 2.75) is 44.8 Å². The van der Waals surface area contributed by atoms with E-state index in [2.05, 4.69) is 44.4 Å². The van der Waals surface area contributed by atoms with Crippen molar-refractivity contribution in [2.75, 3.05) is 19.4 Å². The standard InChI is InChI=1S/C21H24F2N8/c1-12-25-17-5-4-16(27-20(17)30(12)11-19(22)23)15-6-7-31-18(15)10-24-21(28-31)26-13-8-14(9-13)29(2)3/h4-7,10,13-14,19H,8-9,11H2,1-3H3,(H,26,28)/t13-,14+. The van der Waals surface area contributed by atoms with Crippen LogP contribution in [0.15, 0.2) is 30.6 Å². The van der Waals surface area contributed by atoms with Crippen LogP contribution < -0.4 is 5.32 Å². The first-order valence-electron chi connectivity index (χ1n) is 10.3. The molecule has 31 heavy (non-hydrogen) atoms. The highest BCUT2D eigenvalue weighted by atomic mass is 19.3. The van der Waals surface area contributed by atoms with E-state index in [0.29, 0.717) is 40.7 Å². The van der Waals surface area contributed by atoms with Crippen LogP contribution in [0, 0.1) is 6.92 Å². The Bertz CT molecular complexity index is 1240. The van der Waals surface area contributed by atoms with E-state index < -0.39 is 13.0 Å². The molecule has 0 amide bonds. The predicted octanol–water partition coefficient (Wildman–Crippen LogP) is 3.22. The van der Waals surface area contributed by atoms with Crippen LogP contribution in [0.2, 0.25) is 0 Å². The number of hydrogen-bond donors (Lipinski definition) is 1. The Labute approximate surface area is 177 Å². The fourth-order valence-electron chi connectivity index (χ4n) is 4.11. The van der Waals surface area contributed by atoms with Gasteiger partial charge in [-0.05, 0) is 52.1 Å². The summed E-state index contributed by atoms with van der Waals surface area (Å²) in [5.74, 6) is 1.11. The van der Waals surface area contributed by atoms with Crippen LogP contribution >= 0.6 is 0 Å². The zero-order valence-electron chi connectivity index (χ0n) is 17.6. The maximum Gasteiger partial charge on any atom is 0.256 e. The summed E-state index contributed by atoms with van der Waals surface area (Å²) >= 11 is 0. The van der Waals surface area contributed by atoms with Crippen molar-refractivity contribution >= 4 is 22.6 Å². The number of halogens is 2. The second-order valence-corrected chi connectivity index (χ2v) is 8.27. The van der Waals surface area contributed by atoms with Crippen LogP contribution in [0.1, 0.15) is 18.7 Å². The molecule has 0 aromatic carbocycles. The normalized spacial score (nSPS) is 18.9. The fraction of sp³-hybridized carbons (Fsp3) is 0.429. The Morgan fingerprint density at radius 1 is 1.19 bits per heavy atom. The molecule has 4 heterocycles. The number of aryl methyl sites for hydroxylation is 1. The third-order valence-corrected chi connectivity index (χ3v) is 5.97. The molecule has 4 aromatic rings. The second-order valence-electron chi connectivity index (χ2n) is 8.27. The molecule has 162 valence electrons. The number of rotatable bonds is 6. The number of hydrogen-bond acceptors (Lipinski definition) is 6. The topological polar surface area (TPSA) is 76.2 Å². The van der Waals surface area contributed by atoms with Crippen LogP contribution in [0.3, 0.4) is 0 Å². The number of alkyl halides is 2. The fourth-order valence-corrected chi connectivity index (χ4v) is 4.11. The van der Waals surface area contributed by atoms with Gasteiger partial charge in [-0.15, -0.1) is 5.10 Å². The predicted molar refractivity (Wildman–Crippen MR) is 114 cm³/mol. The Morgan fingerprint density at radius 3 is 2.74 bits per heavy atom. The molecular formula is C21H24F2N8. The summed E-state index contributed by atoms with van der Waals surface area (Å²) < 4.78 is 29.2. The smallest absolute Gasteiger partial charge is 0.256 e. The van der Waals surface area contributed by atoms with E-state index >= 15 is 0 Å². The molecule has 1 aliphatic rings. The largest absolute Gasteiger partial charge is 0.350 e. The molecule has 1 N–H and O–H groups in total. The molecule has 4 aromatic heterocycles. The van der Waals surface area contributed by atoms with E-state index in [1.807, 2.05) is 24.4 Å². The summed E-state index contributed by atoms with van der Waals surface area (Å²) in [5, 5.41) is 7.96. The van der Waals surface area contributed by atoms with Crippen LogP contribution in [0.25, 0.3) is 27.9 Å². The van der Waals surface area contributed by atoms with Gasteiger partial charge in [0.25, 0.3) is 6.43 Å². The third-order valence-electron chi connectivity index (χ3n) is 5.97. The lowest BCUT2D eigenvalue weighted by atomic mass is 9.86. The number of nitrogens with zero attached hydrogens (tertiary/aromatic N) is 7. The quantitative estimate of drug-likeness (QED) is 0.510. The maximum atomic E-state index is 13.0. The minimum absolute atomic E-state index is 0.377. The zero-order valence-corrected chi connectivity index (χ0v) is 17.6. The molecule has 8 nitrogen and oxygen atoms in total. The van der Waals surface area contributed by atoms with Crippen LogP contribution in [0.4, 0.5) is 14.7 Å². The highest BCUT2D eigenvalue weighted by molar-refractivity contribution is 5.82. The Morgan fingerprint density at radius 2 is 2.00 bits per heavy atom. The van der Waals surface area contributed by atoms with Crippen LogP contribution in [0.5, 0.6) is 0 Å². The minimum atomic E-state index is -2.47. The SMILES string of the molecule is Cc1nc2ccc(-c3ccn4nc(N[C@H]5C[C@@H](N(C)C)C5)ncc34)nc2n1CC(F)F. The van der Waals surface area contributed by atoms with Gasteiger partial charge in [0.1, 0.15) is 11.3 Å². The molecule has 0 aliphatic heterocycles. The summed E-state index contributed by atoms with van der Waals surface area (Å²) in [7, 11) is 4.19. The van der Waals surface area contributed by atoms with Crippen molar-refractivity contribution in [3.8, 4) is 11.3 Å². The molecule has 0 atom stereocenters. The van der Waals surface area contributed by atoms with E-state index in [1.54, 1.807) is 17.6 Å². The van der Waals surface area contributed by atoms with Gasteiger partial charge in [-0.3, -0.25) is 0 Å². The molecule has 1 aliphatic carbocycles. The van der Waals surface area contributed by atoms with Crippen LogP contribution in [-0.2, 0) is 6.54 Å². The van der Waals surface area contributed by atoms with Gasteiger partial charge in [0.15, 0.2) is 5.65 Å². The molecule has 0 saturated heterocycles. The lowest BCUT2D eigenvalue weighted by Gasteiger charge is -2.39. The van der Waals surface area contributed by atoms with Crippen molar-refractivity contribution in [1.29, 1.82) is 0 Å². The summed E-state index contributed by atoms with van der Waals surface area (Å²) in [5.41, 5.74) is 3.36. The average Bonchev–Trinajstić information content (AvgIpc) is 3.24. The molecule has 0 bridgehead atoms. The molecule has 1 saturated carbocycles. The van der Waals surface area contributed by atoms with Crippen molar-refractivity contribution in [3.63, 3.8) is 0 Å². The molecular weight excluding hydrogens is 402 g/mol. The first kappa shape index (κ1) is 19.8. The summed E-state index contributed by atoms with van der Waals surface area (Å²) in [6.45, 7) is 1.28. The van der Waals surface area contributed by atoms with Crippen molar-refractivity contribution in [1.82, 2.24) is 34.0 Å². The van der Waals surface area contributed by atoms with Gasteiger partial charge >= 0.3 is 0 Å². The third kappa shape index (κ3) is 3.60. The van der Waals surface area contributed by atoms with Crippen LogP contribution in [-0.4, -0.2) is 66.6 Å². The molecule has 1 fully saturated rings. The lowest BCUT2D eigenvalue weighted by molar-refractivity contribution is 0.127. The first-order chi connectivity index (χ1) is 14.9. The lowest BCUT2D eigenvalue weighted by Crippen LogP contribution is -2.47. The molecule has 0 unspecified atom stereocenters. The monoisotopic (exact) mass is 426 g/mol. The average molecular weight is 426 g/mol. The van der Waals surface area contributed by atoms with Gasteiger partial charge in [-0.2, -0.15) is 0 Å². The van der Waals surface area contributed by atoms with E-state index in [1.165, 1.54) is 4.57 Å². The highest BCUT2D eigenvalue weighted by Crippen LogP contribution is 2.28. The number of nitrogens with one attached hydrogen (secondary N) is 1. The Kier molecular flexibility index (Phi) is 4.81. The molecule has 5 rings (SSSR count). The number of anilines is 1.